The number of nitrogens with zero attached hydrogens (tertiary/aromatic N) is 1. The molecule has 1 aromatic carbocycles. The number of rotatable bonds is 3. The molecule has 1 aliphatic heterocycles. The Morgan fingerprint density at radius 2 is 2.19 bits per heavy atom. The van der Waals surface area contributed by atoms with E-state index in [1.54, 1.807) is 11.8 Å². The first kappa shape index (κ1) is 14.4. The van der Waals surface area contributed by atoms with E-state index >= 15 is 0 Å². The average molecular weight is 291 g/mol. The molecule has 2 unspecified atom stereocenters. The molecular formula is C16H21NO4. The van der Waals surface area contributed by atoms with Crippen molar-refractivity contribution in [2.45, 2.75) is 32.0 Å². The number of hydrogen-bond acceptors (Lipinski definition) is 4. The zero-order valence-electron chi connectivity index (χ0n) is 12.2. The number of aliphatic hydroxyl groups is 1. The van der Waals surface area contributed by atoms with Gasteiger partial charge in [-0.3, -0.25) is 4.79 Å². The van der Waals surface area contributed by atoms with E-state index in [0.29, 0.717) is 32.1 Å². The molecule has 1 aromatic rings. The van der Waals surface area contributed by atoms with Gasteiger partial charge in [0.1, 0.15) is 5.75 Å². The predicted molar refractivity (Wildman–Crippen MR) is 77.2 cm³/mol. The Kier molecular flexibility index (Phi) is 4.12. The maximum Gasteiger partial charge on any atom is 0.263 e. The van der Waals surface area contributed by atoms with Gasteiger partial charge in [-0.05, 0) is 43.0 Å². The Bertz CT molecular complexity index is 525. The van der Waals surface area contributed by atoms with Crippen molar-refractivity contribution in [2.24, 2.45) is 0 Å². The summed E-state index contributed by atoms with van der Waals surface area (Å²) in [5, 5.41) is 9.80. The molecule has 5 nitrogen and oxygen atoms in total. The fourth-order valence-electron chi connectivity index (χ4n) is 2.94. The Morgan fingerprint density at radius 3 is 2.95 bits per heavy atom. The summed E-state index contributed by atoms with van der Waals surface area (Å²) in [4.78, 5) is 14.1. The number of aryl methyl sites for hydroxylation is 1. The van der Waals surface area contributed by atoms with Crippen LogP contribution in [0.2, 0.25) is 0 Å². The van der Waals surface area contributed by atoms with E-state index in [4.69, 9.17) is 9.47 Å². The van der Waals surface area contributed by atoms with Crippen molar-refractivity contribution in [3.05, 3.63) is 29.3 Å². The SMILES string of the molecule is CC(Oc1ccc2c(c1)CCC2O)C(=O)N1CCOCC1. The highest BCUT2D eigenvalue weighted by Crippen LogP contribution is 2.33. The first-order chi connectivity index (χ1) is 10.1. The minimum Gasteiger partial charge on any atom is -0.481 e. The van der Waals surface area contributed by atoms with Crippen LogP contribution in [-0.4, -0.2) is 48.3 Å². The summed E-state index contributed by atoms with van der Waals surface area (Å²) in [6, 6.07) is 5.67. The highest BCUT2D eigenvalue weighted by atomic mass is 16.5. The molecule has 0 aromatic heterocycles. The summed E-state index contributed by atoms with van der Waals surface area (Å²) in [6.07, 6.45) is 0.759. The van der Waals surface area contributed by atoms with Crippen LogP contribution in [0.4, 0.5) is 0 Å². The van der Waals surface area contributed by atoms with E-state index in [1.807, 2.05) is 18.2 Å². The molecule has 5 heteroatoms. The summed E-state index contributed by atoms with van der Waals surface area (Å²) in [5.41, 5.74) is 2.10. The standard InChI is InChI=1S/C16H21NO4/c1-11(16(19)17-6-8-20-9-7-17)21-13-3-4-14-12(10-13)2-5-15(14)18/h3-4,10-11,15,18H,2,5-9H2,1H3. The molecule has 1 heterocycles. The Balaban J connectivity index is 1.64. The van der Waals surface area contributed by atoms with Crippen LogP contribution in [-0.2, 0) is 16.0 Å². The van der Waals surface area contributed by atoms with Crippen molar-refractivity contribution in [1.29, 1.82) is 0 Å². The lowest BCUT2D eigenvalue weighted by atomic mass is 10.1. The van der Waals surface area contributed by atoms with Gasteiger partial charge in [0.15, 0.2) is 6.10 Å². The van der Waals surface area contributed by atoms with Crippen molar-refractivity contribution in [3.63, 3.8) is 0 Å². The number of morpholine rings is 1. The molecule has 2 aliphatic rings. The number of ether oxygens (including phenoxy) is 2. The zero-order chi connectivity index (χ0) is 14.8. The first-order valence-corrected chi connectivity index (χ1v) is 7.49. The monoisotopic (exact) mass is 291 g/mol. The molecule has 0 spiro atoms. The molecular weight excluding hydrogens is 270 g/mol. The number of carbonyl (C=O) groups excluding carboxylic acids is 1. The number of carbonyl (C=O) groups is 1. The zero-order valence-corrected chi connectivity index (χ0v) is 12.2. The van der Waals surface area contributed by atoms with Crippen LogP contribution >= 0.6 is 0 Å². The number of aliphatic hydroxyl groups excluding tert-OH is 1. The van der Waals surface area contributed by atoms with Crippen molar-refractivity contribution in [2.75, 3.05) is 26.3 Å². The van der Waals surface area contributed by atoms with Crippen molar-refractivity contribution >= 4 is 5.91 Å². The van der Waals surface area contributed by atoms with Gasteiger partial charge in [0, 0.05) is 13.1 Å². The van der Waals surface area contributed by atoms with E-state index in [1.165, 1.54) is 0 Å². The third-order valence-electron chi connectivity index (χ3n) is 4.14. The van der Waals surface area contributed by atoms with E-state index in [2.05, 4.69) is 0 Å². The Morgan fingerprint density at radius 1 is 1.43 bits per heavy atom. The van der Waals surface area contributed by atoms with E-state index in [-0.39, 0.29) is 12.0 Å². The van der Waals surface area contributed by atoms with E-state index in [9.17, 15) is 9.90 Å². The van der Waals surface area contributed by atoms with Gasteiger partial charge in [-0.25, -0.2) is 0 Å². The highest BCUT2D eigenvalue weighted by molar-refractivity contribution is 5.81. The molecule has 0 bridgehead atoms. The van der Waals surface area contributed by atoms with Crippen LogP contribution < -0.4 is 4.74 Å². The molecule has 3 rings (SSSR count). The molecule has 0 saturated carbocycles. The number of hydrogen-bond donors (Lipinski definition) is 1. The van der Waals surface area contributed by atoms with E-state index in [0.717, 1.165) is 24.0 Å². The maximum absolute atomic E-state index is 12.3. The largest absolute Gasteiger partial charge is 0.481 e. The lowest BCUT2D eigenvalue weighted by molar-refractivity contribution is -0.142. The molecule has 1 amide bonds. The fraction of sp³-hybridized carbons (Fsp3) is 0.562. The van der Waals surface area contributed by atoms with Crippen LogP contribution in [0, 0.1) is 0 Å². The van der Waals surface area contributed by atoms with E-state index < -0.39 is 6.10 Å². The molecule has 0 radical (unpaired) electrons. The second-order valence-corrected chi connectivity index (χ2v) is 5.61. The lowest BCUT2D eigenvalue weighted by Gasteiger charge is -2.29. The number of amides is 1. The van der Waals surface area contributed by atoms with Crippen LogP contribution in [0.3, 0.4) is 0 Å². The van der Waals surface area contributed by atoms with Crippen molar-refractivity contribution < 1.29 is 19.4 Å². The van der Waals surface area contributed by atoms with Gasteiger partial charge < -0.3 is 19.5 Å². The normalized spacial score (nSPS) is 22.8. The summed E-state index contributed by atoms with van der Waals surface area (Å²) in [5.74, 6) is 0.691. The van der Waals surface area contributed by atoms with Gasteiger partial charge in [0.2, 0.25) is 0 Å². The smallest absolute Gasteiger partial charge is 0.263 e. The average Bonchev–Trinajstić information content (AvgIpc) is 2.88. The maximum atomic E-state index is 12.3. The number of fused-ring (bicyclic) bond motifs is 1. The highest BCUT2D eigenvalue weighted by Gasteiger charge is 2.25. The summed E-state index contributed by atoms with van der Waals surface area (Å²) >= 11 is 0. The molecule has 1 aliphatic carbocycles. The third kappa shape index (κ3) is 3.04. The molecule has 114 valence electrons. The first-order valence-electron chi connectivity index (χ1n) is 7.49. The third-order valence-corrected chi connectivity index (χ3v) is 4.14. The summed E-state index contributed by atoms with van der Waals surface area (Å²) in [6.45, 7) is 4.22. The van der Waals surface area contributed by atoms with Gasteiger partial charge >= 0.3 is 0 Å². The predicted octanol–water partition coefficient (Wildman–Crippen LogP) is 1.29. The topological polar surface area (TPSA) is 59.0 Å². The quantitative estimate of drug-likeness (QED) is 0.912. The van der Waals surface area contributed by atoms with Crippen LogP contribution in [0.15, 0.2) is 18.2 Å². The summed E-state index contributed by atoms with van der Waals surface area (Å²) in [7, 11) is 0. The lowest BCUT2D eigenvalue weighted by Crippen LogP contribution is -2.46. The second kappa shape index (κ2) is 6.03. The molecule has 1 N–H and O–H groups in total. The second-order valence-electron chi connectivity index (χ2n) is 5.61. The van der Waals surface area contributed by atoms with Gasteiger partial charge in [0.05, 0.1) is 19.3 Å². The van der Waals surface area contributed by atoms with Crippen molar-refractivity contribution in [3.8, 4) is 5.75 Å². The fourth-order valence-corrected chi connectivity index (χ4v) is 2.94. The molecule has 1 fully saturated rings. The minimum absolute atomic E-state index is 0.00108. The van der Waals surface area contributed by atoms with Gasteiger partial charge in [-0.2, -0.15) is 0 Å². The van der Waals surface area contributed by atoms with Gasteiger partial charge in [0.25, 0.3) is 5.91 Å². The number of benzene rings is 1. The Hall–Kier alpha value is -1.59. The molecule has 1 saturated heterocycles. The summed E-state index contributed by atoms with van der Waals surface area (Å²) < 4.78 is 11.0. The molecule has 21 heavy (non-hydrogen) atoms. The van der Waals surface area contributed by atoms with Crippen LogP contribution in [0.25, 0.3) is 0 Å². The van der Waals surface area contributed by atoms with Gasteiger partial charge in [-0.1, -0.05) is 6.07 Å². The minimum atomic E-state index is -0.507. The Labute approximate surface area is 124 Å². The van der Waals surface area contributed by atoms with Crippen molar-refractivity contribution in [1.82, 2.24) is 4.90 Å². The van der Waals surface area contributed by atoms with Gasteiger partial charge in [-0.15, -0.1) is 0 Å². The molecule has 2 atom stereocenters. The van der Waals surface area contributed by atoms with Crippen LogP contribution in [0.1, 0.15) is 30.6 Å². The van der Waals surface area contributed by atoms with Crippen LogP contribution in [0.5, 0.6) is 5.75 Å².